The maximum absolute atomic E-state index is 5.80. The van der Waals surface area contributed by atoms with Crippen molar-refractivity contribution >= 4 is 11.3 Å². The molecule has 1 atom stereocenters. The summed E-state index contributed by atoms with van der Waals surface area (Å²) in [5.41, 5.74) is 7.34. The maximum Gasteiger partial charge on any atom is 0.109 e. The number of nitrogens with two attached hydrogens (primary N) is 1. The van der Waals surface area contributed by atoms with E-state index in [-0.39, 0.29) is 6.04 Å². The second-order valence-electron chi connectivity index (χ2n) is 4.81. The van der Waals surface area contributed by atoms with Crippen LogP contribution in [-0.4, -0.2) is 10.5 Å². The lowest BCUT2D eigenvalue weighted by Gasteiger charge is -2.42. The molecular formula is C12H21N3S. The quantitative estimate of drug-likeness (QED) is 0.830. The molecule has 2 rings (SSSR count). The Morgan fingerprint density at radius 3 is 2.81 bits per heavy atom. The van der Waals surface area contributed by atoms with E-state index in [1.54, 1.807) is 11.3 Å². The van der Waals surface area contributed by atoms with Crippen LogP contribution in [0.1, 0.15) is 56.3 Å². The Morgan fingerprint density at radius 2 is 2.38 bits per heavy atom. The Kier molecular flexibility index (Phi) is 3.62. The summed E-state index contributed by atoms with van der Waals surface area (Å²) in [7, 11) is 0. The summed E-state index contributed by atoms with van der Waals surface area (Å²) in [5.74, 6) is 0. The van der Waals surface area contributed by atoms with Gasteiger partial charge < -0.3 is 11.1 Å². The highest BCUT2D eigenvalue weighted by Gasteiger charge is 2.34. The highest BCUT2D eigenvalue weighted by atomic mass is 32.1. The third-order valence-electron chi connectivity index (χ3n) is 3.59. The number of nitrogens with one attached hydrogen (secondary N) is 1. The van der Waals surface area contributed by atoms with Crippen molar-refractivity contribution in [2.45, 2.75) is 57.7 Å². The molecule has 1 aromatic heterocycles. The first kappa shape index (κ1) is 12.0. The molecule has 0 spiro atoms. The monoisotopic (exact) mass is 239 g/mol. The van der Waals surface area contributed by atoms with Gasteiger partial charge in [0.05, 0.1) is 11.7 Å². The second kappa shape index (κ2) is 4.82. The number of aromatic nitrogens is 1. The largest absolute Gasteiger partial charge is 0.322 e. The number of hydrogen-bond donors (Lipinski definition) is 2. The Morgan fingerprint density at radius 1 is 1.62 bits per heavy atom. The van der Waals surface area contributed by atoms with E-state index >= 15 is 0 Å². The van der Waals surface area contributed by atoms with Crippen molar-refractivity contribution in [2.75, 3.05) is 0 Å². The molecule has 1 unspecified atom stereocenters. The summed E-state index contributed by atoms with van der Waals surface area (Å²) in [6.07, 6.45) is 5.21. The lowest BCUT2D eigenvalue weighted by atomic mass is 9.75. The van der Waals surface area contributed by atoms with E-state index in [0.717, 1.165) is 17.2 Å². The van der Waals surface area contributed by atoms with Crippen LogP contribution in [0.4, 0.5) is 0 Å². The van der Waals surface area contributed by atoms with E-state index in [9.17, 15) is 0 Å². The number of thiazole rings is 1. The first-order valence-corrected chi connectivity index (χ1v) is 6.98. The maximum atomic E-state index is 5.80. The van der Waals surface area contributed by atoms with E-state index in [4.69, 9.17) is 5.73 Å². The molecule has 3 N–H and O–H groups in total. The molecule has 90 valence electrons. The minimum atomic E-state index is 0.0580. The van der Waals surface area contributed by atoms with Crippen molar-refractivity contribution in [3.63, 3.8) is 0 Å². The Labute approximate surface area is 101 Å². The molecule has 1 fully saturated rings. The summed E-state index contributed by atoms with van der Waals surface area (Å²) in [6, 6.07) is 0.0580. The molecule has 1 aromatic rings. The van der Waals surface area contributed by atoms with Gasteiger partial charge >= 0.3 is 0 Å². The fourth-order valence-corrected chi connectivity index (χ4v) is 2.93. The van der Waals surface area contributed by atoms with E-state index in [0.29, 0.717) is 5.54 Å². The van der Waals surface area contributed by atoms with Gasteiger partial charge in [0.25, 0.3) is 0 Å². The molecule has 1 aliphatic rings. The van der Waals surface area contributed by atoms with Gasteiger partial charge in [0.2, 0.25) is 0 Å². The van der Waals surface area contributed by atoms with Crippen molar-refractivity contribution in [1.82, 2.24) is 10.3 Å². The van der Waals surface area contributed by atoms with Crippen LogP contribution in [0.25, 0.3) is 0 Å². The van der Waals surface area contributed by atoms with Gasteiger partial charge in [-0.25, -0.2) is 4.98 Å². The summed E-state index contributed by atoms with van der Waals surface area (Å²) in [5, 5.41) is 6.81. The molecule has 3 nitrogen and oxygen atoms in total. The van der Waals surface area contributed by atoms with Crippen LogP contribution in [0, 0.1) is 0 Å². The number of nitrogens with zero attached hydrogens (tertiary/aromatic N) is 1. The van der Waals surface area contributed by atoms with Crippen molar-refractivity contribution in [2.24, 2.45) is 5.73 Å². The summed E-state index contributed by atoms with van der Waals surface area (Å²) >= 11 is 1.67. The SMILES string of the molecule is CCC1(NCc2csc(C(C)N)n2)CCC1. The van der Waals surface area contributed by atoms with Crippen LogP contribution in [-0.2, 0) is 6.54 Å². The standard InChI is InChI=1S/C12H21N3S/c1-3-12(5-4-6-12)14-7-10-8-16-11(15-10)9(2)13/h8-9,14H,3-7,13H2,1-2H3. The fourth-order valence-electron chi connectivity index (χ4n) is 2.15. The van der Waals surface area contributed by atoms with Crippen LogP contribution < -0.4 is 11.1 Å². The fraction of sp³-hybridized carbons (Fsp3) is 0.750. The first-order valence-electron chi connectivity index (χ1n) is 6.10. The van der Waals surface area contributed by atoms with E-state index in [1.165, 1.54) is 25.7 Å². The van der Waals surface area contributed by atoms with Crippen LogP contribution >= 0.6 is 11.3 Å². The zero-order valence-corrected chi connectivity index (χ0v) is 10.9. The van der Waals surface area contributed by atoms with Crippen LogP contribution in [0.2, 0.25) is 0 Å². The lowest BCUT2D eigenvalue weighted by molar-refractivity contribution is 0.175. The number of hydrogen-bond acceptors (Lipinski definition) is 4. The summed E-state index contributed by atoms with van der Waals surface area (Å²) in [4.78, 5) is 4.54. The van der Waals surface area contributed by atoms with Crippen LogP contribution in [0.3, 0.4) is 0 Å². The molecule has 16 heavy (non-hydrogen) atoms. The Balaban J connectivity index is 1.89. The van der Waals surface area contributed by atoms with Gasteiger partial charge in [-0.1, -0.05) is 6.92 Å². The third kappa shape index (κ3) is 2.44. The number of rotatable bonds is 5. The predicted octanol–water partition coefficient (Wildman–Crippen LogP) is 2.59. The normalized spacial score (nSPS) is 20.4. The highest BCUT2D eigenvalue weighted by molar-refractivity contribution is 7.09. The average molecular weight is 239 g/mol. The molecule has 0 bridgehead atoms. The Hall–Kier alpha value is -0.450. The van der Waals surface area contributed by atoms with E-state index in [2.05, 4.69) is 22.6 Å². The van der Waals surface area contributed by atoms with Gasteiger partial charge in [-0.05, 0) is 32.6 Å². The predicted molar refractivity (Wildman–Crippen MR) is 68.4 cm³/mol. The van der Waals surface area contributed by atoms with Gasteiger partial charge in [0.15, 0.2) is 0 Å². The Bertz CT molecular complexity index is 336. The molecule has 0 radical (unpaired) electrons. The van der Waals surface area contributed by atoms with E-state index < -0.39 is 0 Å². The third-order valence-corrected chi connectivity index (χ3v) is 4.69. The van der Waals surface area contributed by atoms with Gasteiger partial charge in [-0.3, -0.25) is 0 Å². The van der Waals surface area contributed by atoms with Crippen LogP contribution in [0.15, 0.2) is 5.38 Å². The molecule has 0 aromatic carbocycles. The topological polar surface area (TPSA) is 50.9 Å². The van der Waals surface area contributed by atoms with Crippen molar-refractivity contribution in [3.05, 3.63) is 16.1 Å². The summed E-state index contributed by atoms with van der Waals surface area (Å²) < 4.78 is 0. The minimum absolute atomic E-state index is 0.0580. The zero-order valence-electron chi connectivity index (χ0n) is 10.1. The second-order valence-corrected chi connectivity index (χ2v) is 5.70. The molecule has 0 saturated heterocycles. The molecule has 0 aliphatic heterocycles. The molecule has 1 heterocycles. The van der Waals surface area contributed by atoms with E-state index in [1.807, 2.05) is 6.92 Å². The van der Waals surface area contributed by atoms with Gasteiger partial charge in [-0.15, -0.1) is 11.3 Å². The zero-order chi connectivity index (χ0) is 11.6. The van der Waals surface area contributed by atoms with Crippen LogP contribution in [0.5, 0.6) is 0 Å². The van der Waals surface area contributed by atoms with Gasteiger partial charge in [0, 0.05) is 17.5 Å². The highest BCUT2D eigenvalue weighted by Crippen LogP contribution is 2.34. The van der Waals surface area contributed by atoms with Gasteiger partial charge in [-0.2, -0.15) is 0 Å². The summed E-state index contributed by atoms with van der Waals surface area (Å²) in [6.45, 7) is 5.13. The van der Waals surface area contributed by atoms with Crippen molar-refractivity contribution in [1.29, 1.82) is 0 Å². The molecule has 1 saturated carbocycles. The molecule has 4 heteroatoms. The van der Waals surface area contributed by atoms with Crippen molar-refractivity contribution < 1.29 is 0 Å². The van der Waals surface area contributed by atoms with Gasteiger partial charge in [0.1, 0.15) is 5.01 Å². The molecule has 0 amide bonds. The molecule has 1 aliphatic carbocycles. The van der Waals surface area contributed by atoms with Crippen molar-refractivity contribution in [3.8, 4) is 0 Å². The molecular weight excluding hydrogens is 218 g/mol. The average Bonchev–Trinajstić information content (AvgIpc) is 2.65. The minimum Gasteiger partial charge on any atom is -0.322 e. The lowest BCUT2D eigenvalue weighted by Crippen LogP contribution is -2.49. The smallest absolute Gasteiger partial charge is 0.109 e. The first-order chi connectivity index (χ1) is 7.65.